The van der Waals surface area contributed by atoms with Crippen LogP contribution in [0.25, 0.3) is 5.69 Å². The normalized spacial score (nSPS) is 13.7. The van der Waals surface area contributed by atoms with E-state index in [1.165, 1.54) is 29.1 Å². The number of carbonyl (C=O) groups is 2. The molecule has 0 fully saturated rings. The van der Waals surface area contributed by atoms with Gasteiger partial charge in [0.2, 0.25) is 0 Å². The third kappa shape index (κ3) is 6.11. The number of aliphatic carboxylic acids is 1. The lowest BCUT2D eigenvalue weighted by molar-refractivity contribution is -0.138. The number of nitrogen functional groups attached to an aromatic ring is 1. The van der Waals surface area contributed by atoms with Gasteiger partial charge in [0.25, 0.3) is 5.91 Å². The fraction of sp³-hybridized carbons (Fsp3) is 0.280. The zero-order chi connectivity index (χ0) is 26.0. The number of nitrogens with two attached hydrogens (primary N) is 1. The molecule has 1 amide bonds. The summed E-state index contributed by atoms with van der Waals surface area (Å²) in [6.07, 6.45) is -0.763. The summed E-state index contributed by atoms with van der Waals surface area (Å²) in [6, 6.07) is 8.34. The predicted molar refractivity (Wildman–Crippen MR) is 132 cm³/mol. The quantitative estimate of drug-likeness (QED) is 0.262. The van der Waals surface area contributed by atoms with Crippen molar-refractivity contribution in [1.82, 2.24) is 14.9 Å². The van der Waals surface area contributed by atoms with E-state index in [2.05, 4.69) is 10.3 Å². The molecule has 1 heterocycles. The number of rotatable bonds is 7. The Hall–Kier alpha value is -3.86. The molecule has 196 valence electrons. The molecule has 1 unspecified atom stereocenters. The van der Waals surface area contributed by atoms with Crippen molar-refractivity contribution in [2.45, 2.75) is 44.3 Å². The standard InChI is InChI=1S/C25H24F3N5O3.ClH/c26-25(27,28)17-11-16(8-9-20(17)33-13-31-18-6-1-2-7-21(18)33)24(36)32-19(12-22(34)35)14-4-3-5-15(10-14)23(29)30;/h3-5,8-11,13,19H,1-2,6-7,12H2,(H3,29,30)(H,32,36)(H,34,35);1H. The molecule has 0 radical (unpaired) electrons. The van der Waals surface area contributed by atoms with Crippen LogP contribution in [0.3, 0.4) is 0 Å². The number of fused-ring (bicyclic) bond motifs is 1. The first-order valence-electron chi connectivity index (χ1n) is 11.3. The Labute approximate surface area is 216 Å². The largest absolute Gasteiger partial charge is 0.481 e. The highest BCUT2D eigenvalue weighted by Crippen LogP contribution is 2.36. The lowest BCUT2D eigenvalue weighted by atomic mass is 9.99. The van der Waals surface area contributed by atoms with Crippen molar-refractivity contribution < 1.29 is 27.9 Å². The number of imidazole rings is 1. The number of hydrogen-bond acceptors (Lipinski definition) is 4. The number of nitrogens with one attached hydrogen (secondary N) is 2. The van der Waals surface area contributed by atoms with Crippen molar-refractivity contribution in [3.63, 3.8) is 0 Å². The van der Waals surface area contributed by atoms with Crippen LogP contribution in [-0.2, 0) is 23.8 Å². The number of benzene rings is 2. The molecule has 0 spiro atoms. The van der Waals surface area contributed by atoms with Gasteiger partial charge in [-0.15, -0.1) is 12.4 Å². The van der Waals surface area contributed by atoms with Gasteiger partial charge in [0, 0.05) is 16.8 Å². The molecule has 2 aromatic carbocycles. The van der Waals surface area contributed by atoms with Crippen molar-refractivity contribution in [2.75, 3.05) is 0 Å². The number of amides is 1. The summed E-state index contributed by atoms with van der Waals surface area (Å²) in [4.78, 5) is 28.7. The third-order valence-corrected chi connectivity index (χ3v) is 6.14. The van der Waals surface area contributed by atoms with Gasteiger partial charge in [-0.1, -0.05) is 18.2 Å². The summed E-state index contributed by atoms with van der Waals surface area (Å²) < 4.78 is 43.6. The van der Waals surface area contributed by atoms with E-state index in [-0.39, 0.29) is 29.5 Å². The minimum absolute atomic E-state index is 0. The second-order valence-corrected chi connectivity index (χ2v) is 8.61. The van der Waals surface area contributed by atoms with Crippen LogP contribution in [0.1, 0.15) is 63.7 Å². The van der Waals surface area contributed by atoms with E-state index in [4.69, 9.17) is 11.1 Å². The van der Waals surface area contributed by atoms with Crippen LogP contribution in [0.15, 0.2) is 48.8 Å². The lowest BCUT2D eigenvalue weighted by Crippen LogP contribution is -2.30. The van der Waals surface area contributed by atoms with E-state index in [9.17, 15) is 27.9 Å². The second kappa shape index (κ2) is 11.0. The van der Waals surface area contributed by atoms with Gasteiger partial charge < -0.3 is 20.7 Å². The van der Waals surface area contributed by atoms with E-state index in [1.54, 1.807) is 18.2 Å². The number of carboxylic acids is 1. The van der Waals surface area contributed by atoms with Gasteiger partial charge in [-0.05, 0) is 55.5 Å². The molecule has 8 nitrogen and oxygen atoms in total. The second-order valence-electron chi connectivity index (χ2n) is 8.61. The number of alkyl halides is 3. The zero-order valence-corrected chi connectivity index (χ0v) is 20.3. The number of aryl methyl sites for hydroxylation is 1. The van der Waals surface area contributed by atoms with Gasteiger partial charge in [-0.3, -0.25) is 15.0 Å². The first kappa shape index (κ1) is 27.7. The van der Waals surface area contributed by atoms with Crippen molar-refractivity contribution >= 4 is 30.1 Å². The van der Waals surface area contributed by atoms with Crippen LogP contribution in [0.5, 0.6) is 0 Å². The molecule has 12 heteroatoms. The first-order valence-corrected chi connectivity index (χ1v) is 11.3. The monoisotopic (exact) mass is 535 g/mol. The van der Waals surface area contributed by atoms with Crippen LogP contribution < -0.4 is 11.1 Å². The Balaban J connectivity index is 0.00000380. The molecule has 0 saturated heterocycles. The van der Waals surface area contributed by atoms with Crippen molar-refractivity contribution in [3.05, 3.63) is 82.4 Å². The van der Waals surface area contributed by atoms with E-state index in [0.29, 0.717) is 24.0 Å². The van der Waals surface area contributed by atoms with Gasteiger partial charge in [0.15, 0.2) is 0 Å². The van der Waals surface area contributed by atoms with Crippen LogP contribution in [-0.4, -0.2) is 32.4 Å². The molecule has 1 aliphatic rings. The average molecular weight is 536 g/mol. The predicted octanol–water partition coefficient (Wildman–Crippen LogP) is 4.42. The summed E-state index contributed by atoms with van der Waals surface area (Å²) in [7, 11) is 0. The van der Waals surface area contributed by atoms with Gasteiger partial charge in [-0.2, -0.15) is 13.2 Å². The van der Waals surface area contributed by atoms with E-state index < -0.39 is 36.1 Å². The number of aromatic nitrogens is 2. The summed E-state index contributed by atoms with van der Waals surface area (Å²) in [6.45, 7) is 0. The smallest absolute Gasteiger partial charge is 0.418 e. The molecule has 37 heavy (non-hydrogen) atoms. The van der Waals surface area contributed by atoms with Gasteiger partial charge in [-0.25, -0.2) is 4.98 Å². The van der Waals surface area contributed by atoms with Crippen LogP contribution in [0.2, 0.25) is 0 Å². The molecule has 0 saturated carbocycles. The van der Waals surface area contributed by atoms with Gasteiger partial charge >= 0.3 is 12.1 Å². The Bertz CT molecular complexity index is 1340. The highest BCUT2D eigenvalue weighted by molar-refractivity contribution is 5.96. The summed E-state index contributed by atoms with van der Waals surface area (Å²) in [5.74, 6) is -2.33. The molecule has 1 atom stereocenters. The summed E-state index contributed by atoms with van der Waals surface area (Å²) >= 11 is 0. The Morgan fingerprint density at radius 1 is 1.14 bits per heavy atom. The minimum atomic E-state index is -4.74. The van der Waals surface area contributed by atoms with Crippen molar-refractivity contribution in [1.29, 1.82) is 5.41 Å². The number of hydrogen-bond donors (Lipinski definition) is 4. The highest BCUT2D eigenvalue weighted by atomic mass is 35.5. The van der Waals surface area contributed by atoms with E-state index in [0.717, 1.165) is 30.3 Å². The fourth-order valence-electron chi connectivity index (χ4n) is 4.38. The average Bonchev–Trinajstić information content (AvgIpc) is 3.26. The topological polar surface area (TPSA) is 134 Å². The lowest BCUT2D eigenvalue weighted by Gasteiger charge is -2.21. The third-order valence-electron chi connectivity index (χ3n) is 6.14. The molecule has 3 aromatic rings. The maximum Gasteiger partial charge on any atom is 0.418 e. The fourth-order valence-corrected chi connectivity index (χ4v) is 4.38. The zero-order valence-electron chi connectivity index (χ0n) is 19.5. The number of halogens is 4. The highest BCUT2D eigenvalue weighted by Gasteiger charge is 2.36. The Morgan fingerprint density at radius 2 is 1.86 bits per heavy atom. The molecule has 5 N–H and O–H groups in total. The van der Waals surface area contributed by atoms with Crippen LogP contribution in [0.4, 0.5) is 13.2 Å². The molecule has 4 rings (SSSR count). The SMILES string of the molecule is Cl.N=C(N)c1cccc(C(CC(=O)O)NC(=O)c2ccc(-n3cnc4c3CCCC4)c(C(F)(F)F)c2)c1. The van der Waals surface area contributed by atoms with Crippen LogP contribution >= 0.6 is 12.4 Å². The number of carbonyl (C=O) groups excluding carboxylic acids is 1. The Kier molecular flexibility index (Phi) is 8.27. The Morgan fingerprint density at radius 3 is 2.54 bits per heavy atom. The molecule has 1 aliphatic carbocycles. The van der Waals surface area contributed by atoms with Crippen LogP contribution in [0, 0.1) is 5.41 Å². The minimum Gasteiger partial charge on any atom is -0.481 e. The number of amidine groups is 1. The maximum atomic E-state index is 14.1. The number of carboxylic acid groups (broad SMARTS) is 1. The summed E-state index contributed by atoms with van der Waals surface area (Å²) in [5, 5.41) is 19.4. The van der Waals surface area contributed by atoms with Crippen molar-refractivity contribution in [3.8, 4) is 5.69 Å². The van der Waals surface area contributed by atoms with Gasteiger partial charge in [0.1, 0.15) is 5.84 Å². The molecule has 0 aliphatic heterocycles. The van der Waals surface area contributed by atoms with E-state index >= 15 is 0 Å². The maximum absolute atomic E-state index is 14.1. The van der Waals surface area contributed by atoms with Crippen molar-refractivity contribution in [2.24, 2.45) is 5.73 Å². The number of nitrogens with zero attached hydrogens (tertiary/aromatic N) is 2. The summed E-state index contributed by atoms with van der Waals surface area (Å²) in [5.41, 5.74) is 6.31. The van der Waals surface area contributed by atoms with Gasteiger partial charge in [0.05, 0.1) is 35.7 Å². The molecular weight excluding hydrogens is 511 g/mol. The molecule has 0 bridgehead atoms. The molecule has 1 aromatic heterocycles. The van der Waals surface area contributed by atoms with E-state index in [1.807, 2.05) is 0 Å². The first-order chi connectivity index (χ1) is 17.0. The molecular formula is C25H25ClF3N5O3.